The van der Waals surface area contributed by atoms with Crippen LogP contribution in [0.3, 0.4) is 0 Å². The second-order valence-corrected chi connectivity index (χ2v) is 7.16. The Bertz CT molecular complexity index is 627. The lowest BCUT2D eigenvalue weighted by Gasteiger charge is -2.23. The summed E-state index contributed by atoms with van der Waals surface area (Å²) in [5, 5.41) is 0. The maximum atomic E-state index is 12.4. The summed E-state index contributed by atoms with van der Waals surface area (Å²) in [6, 6.07) is 4.51. The molecular formula is C13H18N2O4S. The minimum absolute atomic E-state index is 0.0291. The van der Waals surface area contributed by atoms with Crippen LogP contribution in [-0.2, 0) is 9.84 Å². The first-order chi connectivity index (χ1) is 9.34. The topological polar surface area (TPSA) is 89.7 Å². The van der Waals surface area contributed by atoms with Gasteiger partial charge in [0.05, 0.1) is 24.3 Å². The smallest absolute Gasteiger partial charge is 0.254 e. The molecule has 1 saturated heterocycles. The Balaban J connectivity index is 2.19. The van der Waals surface area contributed by atoms with Crippen molar-refractivity contribution in [2.45, 2.75) is 12.5 Å². The fraction of sp³-hybridized carbons (Fsp3) is 0.462. The summed E-state index contributed by atoms with van der Waals surface area (Å²) in [5.74, 6) is 0.371. The Labute approximate surface area is 118 Å². The van der Waals surface area contributed by atoms with Crippen molar-refractivity contribution in [3.8, 4) is 5.75 Å². The Morgan fingerprint density at radius 3 is 2.70 bits per heavy atom. The van der Waals surface area contributed by atoms with Crippen LogP contribution in [0.4, 0.5) is 5.69 Å². The third-order valence-corrected chi connectivity index (χ3v) is 5.31. The molecule has 110 valence electrons. The number of amides is 1. The van der Waals surface area contributed by atoms with Gasteiger partial charge >= 0.3 is 0 Å². The van der Waals surface area contributed by atoms with Crippen LogP contribution in [0.25, 0.3) is 0 Å². The lowest BCUT2D eigenvalue weighted by atomic mass is 10.1. The molecule has 0 spiro atoms. The maximum Gasteiger partial charge on any atom is 0.254 e. The average Bonchev–Trinajstić information content (AvgIpc) is 2.78. The second kappa shape index (κ2) is 5.32. The van der Waals surface area contributed by atoms with Gasteiger partial charge < -0.3 is 15.4 Å². The minimum Gasteiger partial charge on any atom is -0.495 e. The molecule has 0 bridgehead atoms. The van der Waals surface area contributed by atoms with E-state index in [4.69, 9.17) is 10.5 Å². The summed E-state index contributed by atoms with van der Waals surface area (Å²) in [7, 11) is 0.0868. The van der Waals surface area contributed by atoms with Gasteiger partial charge in [0.2, 0.25) is 0 Å². The van der Waals surface area contributed by atoms with Crippen LogP contribution >= 0.6 is 0 Å². The van der Waals surface area contributed by atoms with Crippen molar-refractivity contribution in [3.05, 3.63) is 23.8 Å². The second-order valence-electron chi connectivity index (χ2n) is 4.93. The molecule has 1 atom stereocenters. The number of benzene rings is 1. The summed E-state index contributed by atoms with van der Waals surface area (Å²) in [6.07, 6.45) is 0.483. The number of carbonyl (C=O) groups is 1. The van der Waals surface area contributed by atoms with Crippen LogP contribution in [0.2, 0.25) is 0 Å². The van der Waals surface area contributed by atoms with E-state index in [9.17, 15) is 13.2 Å². The summed E-state index contributed by atoms with van der Waals surface area (Å²) in [4.78, 5) is 13.8. The molecule has 1 unspecified atom stereocenters. The van der Waals surface area contributed by atoms with Crippen molar-refractivity contribution < 1.29 is 17.9 Å². The highest BCUT2D eigenvalue weighted by Gasteiger charge is 2.33. The van der Waals surface area contributed by atoms with E-state index < -0.39 is 9.84 Å². The number of carbonyl (C=O) groups excluding carboxylic acids is 1. The predicted molar refractivity (Wildman–Crippen MR) is 76.6 cm³/mol. The summed E-state index contributed by atoms with van der Waals surface area (Å²) < 4.78 is 28.0. The maximum absolute atomic E-state index is 12.4. The number of sulfone groups is 1. The van der Waals surface area contributed by atoms with Gasteiger partial charge in [0, 0.05) is 18.7 Å². The van der Waals surface area contributed by atoms with E-state index in [-0.39, 0.29) is 23.5 Å². The molecule has 1 amide bonds. The fourth-order valence-corrected chi connectivity index (χ4v) is 4.07. The molecule has 7 heteroatoms. The van der Waals surface area contributed by atoms with Gasteiger partial charge in [-0.05, 0) is 24.6 Å². The third kappa shape index (κ3) is 2.87. The Kier molecular flexibility index (Phi) is 3.89. The zero-order valence-corrected chi connectivity index (χ0v) is 12.3. The molecule has 0 saturated carbocycles. The Morgan fingerprint density at radius 1 is 1.45 bits per heavy atom. The van der Waals surface area contributed by atoms with Crippen LogP contribution in [0.1, 0.15) is 16.8 Å². The third-order valence-electron chi connectivity index (χ3n) is 3.56. The molecule has 6 nitrogen and oxygen atoms in total. The molecule has 1 aromatic rings. The highest BCUT2D eigenvalue weighted by Crippen LogP contribution is 2.24. The zero-order valence-electron chi connectivity index (χ0n) is 11.5. The molecular weight excluding hydrogens is 280 g/mol. The number of ether oxygens (including phenoxy) is 1. The van der Waals surface area contributed by atoms with Gasteiger partial charge in [0.25, 0.3) is 5.91 Å². The Hall–Kier alpha value is -1.76. The van der Waals surface area contributed by atoms with Crippen LogP contribution in [0, 0.1) is 0 Å². The predicted octanol–water partition coefficient (Wildman–Crippen LogP) is 0.537. The zero-order chi connectivity index (χ0) is 14.9. The van der Waals surface area contributed by atoms with E-state index in [0.29, 0.717) is 23.4 Å². The number of hydrogen-bond acceptors (Lipinski definition) is 5. The van der Waals surface area contributed by atoms with Crippen molar-refractivity contribution in [2.24, 2.45) is 0 Å². The molecule has 0 aliphatic carbocycles. The van der Waals surface area contributed by atoms with Crippen molar-refractivity contribution in [1.29, 1.82) is 0 Å². The Morgan fingerprint density at radius 2 is 2.15 bits per heavy atom. The fourth-order valence-electron chi connectivity index (χ4n) is 2.29. The van der Waals surface area contributed by atoms with Crippen LogP contribution < -0.4 is 10.5 Å². The van der Waals surface area contributed by atoms with Crippen molar-refractivity contribution >= 4 is 21.4 Å². The van der Waals surface area contributed by atoms with Gasteiger partial charge in [0.1, 0.15) is 5.75 Å². The molecule has 20 heavy (non-hydrogen) atoms. The molecule has 1 heterocycles. The van der Waals surface area contributed by atoms with Crippen molar-refractivity contribution in [2.75, 3.05) is 31.4 Å². The monoisotopic (exact) mass is 298 g/mol. The van der Waals surface area contributed by atoms with E-state index in [1.165, 1.54) is 12.0 Å². The average molecular weight is 298 g/mol. The van der Waals surface area contributed by atoms with Gasteiger partial charge in [-0.15, -0.1) is 0 Å². The SMILES string of the molecule is COc1cc(C(=O)N(C)C2CCS(=O)(=O)C2)ccc1N. The quantitative estimate of drug-likeness (QED) is 0.822. The highest BCUT2D eigenvalue weighted by atomic mass is 32.2. The first-order valence-corrected chi connectivity index (χ1v) is 8.07. The van der Waals surface area contributed by atoms with E-state index in [1.54, 1.807) is 25.2 Å². The van der Waals surface area contributed by atoms with Gasteiger partial charge in [0.15, 0.2) is 9.84 Å². The number of nitrogens with zero attached hydrogens (tertiary/aromatic N) is 1. The van der Waals surface area contributed by atoms with E-state index in [2.05, 4.69) is 0 Å². The van der Waals surface area contributed by atoms with Gasteiger partial charge in [-0.2, -0.15) is 0 Å². The molecule has 2 N–H and O–H groups in total. The molecule has 1 aliphatic rings. The number of nitrogens with two attached hydrogens (primary N) is 1. The lowest BCUT2D eigenvalue weighted by molar-refractivity contribution is 0.0747. The van der Waals surface area contributed by atoms with E-state index in [1.807, 2.05) is 0 Å². The first kappa shape index (κ1) is 14.6. The summed E-state index contributed by atoms with van der Waals surface area (Å²) in [6.45, 7) is 0. The highest BCUT2D eigenvalue weighted by molar-refractivity contribution is 7.91. The van der Waals surface area contributed by atoms with Gasteiger partial charge in [-0.3, -0.25) is 4.79 Å². The van der Waals surface area contributed by atoms with Gasteiger partial charge in [-0.25, -0.2) is 8.42 Å². The largest absolute Gasteiger partial charge is 0.495 e. The molecule has 0 radical (unpaired) electrons. The van der Waals surface area contributed by atoms with Gasteiger partial charge in [-0.1, -0.05) is 0 Å². The molecule has 1 fully saturated rings. The van der Waals surface area contributed by atoms with Crippen LogP contribution in [0.5, 0.6) is 5.75 Å². The number of rotatable bonds is 3. The number of methoxy groups -OCH3 is 1. The molecule has 0 aromatic heterocycles. The molecule has 1 aliphatic heterocycles. The summed E-state index contributed by atoms with van der Waals surface area (Å²) in [5.41, 5.74) is 6.59. The van der Waals surface area contributed by atoms with E-state index in [0.717, 1.165) is 0 Å². The number of nitrogen functional groups attached to an aromatic ring is 1. The summed E-state index contributed by atoms with van der Waals surface area (Å²) >= 11 is 0. The number of hydrogen-bond donors (Lipinski definition) is 1. The normalized spacial score (nSPS) is 20.6. The molecule has 2 rings (SSSR count). The van der Waals surface area contributed by atoms with Crippen LogP contribution in [0.15, 0.2) is 18.2 Å². The van der Waals surface area contributed by atoms with E-state index >= 15 is 0 Å². The standard InChI is InChI=1S/C13H18N2O4S/c1-15(10-5-6-20(17,18)8-10)13(16)9-3-4-11(14)12(7-9)19-2/h3-4,7,10H,5-6,8,14H2,1-2H3. The minimum atomic E-state index is -3.01. The number of anilines is 1. The van der Waals surface area contributed by atoms with Crippen molar-refractivity contribution in [1.82, 2.24) is 4.90 Å². The lowest BCUT2D eigenvalue weighted by Crippen LogP contribution is -2.37. The first-order valence-electron chi connectivity index (χ1n) is 6.25. The van der Waals surface area contributed by atoms with Crippen molar-refractivity contribution in [3.63, 3.8) is 0 Å². The molecule has 1 aromatic carbocycles. The van der Waals surface area contributed by atoms with Crippen LogP contribution in [-0.4, -0.2) is 50.9 Å².